The third-order valence-corrected chi connectivity index (χ3v) is 8.94. The maximum absolute atomic E-state index is 14.1. The number of amides is 3. The number of likely N-dealkylation sites (tertiary alicyclic amines) is 1. The summed E-state index contributed by atoms with van der Waals surface area (Å²) in [5.74, 6) is 0.564. The number of methoxy groups -OCH3 is 2. The second kappa shape index (κ2) is 13.4. The first-order valence-electron chi connectivity index (χ1n) is 15.1. The Morgan fingerprint density at radius 1 is 1.00 bits per heavy atom. The van der Waals surface area contributed by atoms with Crippen LogP contribution < -0.4 is 14.8 Å². The first-order valence-corrected chi connectivity index (χ1v) is 15.1. The highest BCUT2D eigenvalue weighted by atomic mass is 19.1. The predicted octanol–water partition coefficient (Wildman–Crippen LogP) is 3.87. The van der Waals surface area contributed by atoms with Crippen LogP contribution in [0.2, 0.25) is 0 Å². The number of carbonyl (C=O) groups excluding carboxylic acids is 3. The molecule has 228 valence electrons. The molecule has 0 saturated carbocycles. The fourth-order valence-corrected chi connectivity index (χ4v) is 7.03. The quantitative estimate of drug-likeness (QED) is 0.581. The van der Waals surface area contributed by atoms with Crippen LogP contribution in [0, 0.1) is 29.0 Å². The van der Waals surface area contributed by atoms with Crippen molar-refractivity contribution in [2.45, 2.75) is 57.4 Å². The highest BCUT2D eigenvalue weighted by molar-refractivity contribution is 5.94. The largest absolute Gasteiger partial charge is 0.493 e. The third-order valence-electron chi connectivity index (χ3n) is 8.94. The van der Waals surface area contributed by atoms with Gasteiger partial charge in [0, 0.05) is 50.6 Å². The van der Waals surface area contributed by atoms with E-state index in [1.165, 1.54) is 12.1 Å². The molecule has 5 rings (SSSR count). The predicted molar refractivity (Wildman–Crippen MR) is 157 cm³/mol. The van der Waals surface area contributed by atoms with Gasteiger partial charge in [-0.05, 0) is 85.8 Å². The Balaban J connectivity index is 1.38. The van der Waals surface area contributed by atoms with E-state index in [1.807, 2.05) is 17.0 Å². The van der Waals surface area contributed by atoms with Crippen LogP contribution in [0.3, 0.4) is 0 Å². The van der Waals surface area contributed by atoms with Gasteiger partial charge in [-0.3, -0.25) is 14.4 Å². The standard InChI is InChI=1S/C33H39FN4O5/c1-42-29-15-21-8-9-31(40)38-19-23-13-26(20-37(18-23)33(41)25-12-22(17-35)14-27(34)16-25)28(38)6-3-7-30(39)36-10-4-5-24(11-21)32(29)43-2/h11-12,14-16,23,26,28H,3-10,13,18-20H2,1-2H3,(H,36,39)/t23-,26-,28-/m0/s1. The van der Waals surface area contributed by atoms with E-state index in [0.29, 0.717) is 76.2 Å². The Bertz CT molecular complexity index is 1420. The van der Waals surface area contributed by atoms with Gasteiger partial charge in [-0.15, -0.1) is 0 Å². The van der Waals surface area contributed by atoms with E-state index in [4.69, 9.17) is 9.47 Å². The van der Waals surface area contributed by atoms with E-state index in [2.05, 4.69) is 11.4 Å². The van der Waals surface area contributed by atoms with Gasteiger partial charge in [0.15, 0.2) is 11.5 Å². The van der Waals surface area contributed by atoms with Crippen molar-refractivity contribution < 1.29 is 28.2 Å². The molecule has 10 heteroatoms. The van der Waals surface area contributed by atoms with Gasteiger partial charge in [0.2, 0.25) is 11.8 Å². The highest BCUT2D eigenvalue weighted by Gasteiger charge is 2.43. The number of nitrogens with one attached hydrogen (secondary N) is 1. The van der Waals surface area contributed by atoms with Crippen molar-refractivity contribution in [2.24, 2.45) is 11.8 Å². The van der Waals surface area contributed by atoms with Gasteiger partial charge in [0.25, 0.3) is 5.91 Å². The summed E-state index contributed by atoms with van der Waals surface area (Å²) in [5, 5.41) is 12.3. The lowest BCUT2D eigenvalue weighted by atomic mass is 9.77. The van der Waals surface area contributed by atoms with Crippen molar-refractivity contribution >= 4 is 17.7 Å². The molecule has 4 bridgehead atoms. The Morgan fingerprint density at radius 2 is 1.84 bits per heavy atom. The lowest BCUT2D eigenvalue weighted by molar-refractivity contribution is -0.140. The Hall–Kier alpha value is -4.13. The van der Waals surface area contributed by atoms with Gasteiger partial charge in [0.1, 0.15) is 5.82 Å². The minimum Gasteiger partial charge on any atom is -0.493 e. The number of rotatable bonds is 3. The fourth-order valence-electron chi connectivity index (χ4n) is 7.03. The van der Waals surface area contributed by atoms with E-state index >= 15 is 0 Å². The maximum atomic E-state index is 14.1. The molecule has 43 heavy (non-hydrogen) atoms. The molecule has 3 atom stereocenters. The number of hydrogen-bond acceptors (Lipinski definition) is 6. The van der Waals surface area contributed by atoms with Gasteiger partial charge in [-0.1, -0.05) is 6.07 Å². The molecule has 2 aromatic rings. The zero-order chi connectivity index (χ0) is 30.5. The number of aryl methyl sites for hydroxylation is 2. The lowest BCUT2D eigenvalue weighted by Gasteiger charge is -2.51. The molecule has 9 nitrogen and oxygen atoms in total. The Morgan fingerprint density at radius 3 is 2.60 bits per heavy atom. The lowest BCUT2D eigenvalue weighted by Crippen LogP contribution is -2.60. The number of nitriles is 1. The van der Waals surface area contributed by atoms with Gasteiger partial charge in [0.05, 0.1) is 25.9 Å². The van der Waals surface area contributed by atoms with Crippen LogP contribution in [0.25, 0.3) is 0 Å². The van der Waals surface area contributed by atoms with Crippen LogP contribution in [-0.4, -0.2) is 74.0 Å². The molecule has 0 spiro atoms. The molecule has 3 amide bonds. The average molecular weight is 591 g/mol. The minimum absolute atomic E-state index is 0.0168. The van der Waals surface area contributed by atoms with Gasteiger partial charge in [-0.25, -0.2) is 4.39 Å². The molecule has 3 aliphatic heterocycles. The number of hydrogen-bond donors (Lipinski definition) is 1. The average Bonchev–Trinajstić information content (AvgIpc) is 3.01. The number of halogens is 1. The van der Waals surface area contributed by atoms with Crippen molar-refractivity contribution in [3.63, 3.8) is 0 Å². The van der Waals surface area contributed by atoms with Crippen LogP contribution in [0.4, 0.5) is 4.39 Å². The SMILES string of the molecule is COc1cc2cc(c1OC)CCCNC(=O)CCC[C@H]1[C@H]3C[C@@H](CN(C(=O)c4cc(F)cc(C#N)c4)C3)CN1C(=O)CC2. The van der Waals surface area contributed by atoms with E-state index < -0.39 is 5.82 Å². The van der Waals surface area contributed by atoms with E-state index in [1.54, 1.807) is 19.1 Å². The normalized spacial score (nSPS) is 23.1. The number of benzene rings is 2. The highest BCUT2D eigenvalue weighted by Crippen LogP contribution is 2.37. The van der Waals surface area contributed by atoms with E-state index in [-0.39, 0.29) is 46.7 Å². The molecular weight excluding hydrogens is 551 g/mol. The first-order chi connectivity index (χ1) is 20.8. The van der Waals surface area contributed by atoms with E-state index in [0.717, 1.165) is 30.0 Å². The van der Waals surface area contributed by atoms with E-state index in [9.17, 15) is 24.0 Å². The third kappa shape index (κ3) is 6.93. The minimum atomic E-state index is -0.617. The number of ether oxygens (including phenoxy) is 2. The zero-order valence-corrected chi connectivity index (χ0v) is 24.9. The molecule has 1 N–H and O–H groups in total. The van der Waals surface area contributed by atoms with Crippen LogP contribution >= 0.6 is 0 Å². The monoisotopic (exact) mass is 590 g/mol. The molecule has 3 aliphatic rings. The molecule has 2 fully saturated rings. The summed E-state index contributed by atoms with van der Waals surface area (Å²) in [6, 6.07) is 9.52. The van der Waals surface area contributed by atoms with Crippen LogP contribution in [0.1, 0.15) is 65.6 Å². The summed E-state index contributed by atoms with van der Waals surface area (Å²) < 4.78 is 25.4. The summed E-state index contributed by atoms with van der Waals surface area (Å²) in [6.45, 7) is 1.98. The second-order valence-electron chi connectivity index (χ2n) is 11.9. The van der Waals surface area contributed by atoms with Crippen molar-refractivity contribution in [1.82, 2.24) is 15.1 Å². The smallest absolute Gasteiger partial charge is 0.254 e. The summed E-state index contributed by atoms with van der Waals surface area (Å²) in [5.41, 5.74) is 2.25. The number of piperidine rings is 2. The molecular formula is C33H39FN4O5. The van der Waals surface area contributed by atoms with Gasteiger partial charge in [-0.2, -0.15) is 5.26 Å². The molecule has 0 unspecified atom stereocenters. The molecule has 3 heterocycles. The summed E-state index contributed by atoms with van der Waals surface area (Å²) in [6.07, 6.45) is 4.91. The fraction of sp³-hybridized carbons (Fsp3) is 0.515. The Labute approximate surface area is 251 Å². The zero-order valence-electron chi connectivity index (χ0n) is 24.9. The molecule has 2 saturated heterocycles. The molecule has 0 aliphatic carbocycles. The topological polar surface area (TPSA) is 112 Å². The molecule has 0 aromatic heterocycles. The summed E-state index contributed by atoms with van der Waals surface area (Å²) in [7, 11) is 3.21. The van der Waals surface area contributed by atoms with Gasteiger partial charge >= 0.3 is 0 Å². The summed E-state index contributed by atoms with van der Waals surface area (Å²) in [4.78, 5) is 43.6. The maximum Gasteiger partial charge on any atom is 0.254 e. The van der Waals surface area contributed by atoms with Crippen LogP contribution in [0.15, 0.2) is 30.3 Å². The van der Waals surface area contributed by atoms with Gasteiger partial charge < -0.3 is 24.6 Å². The molecule has 0 radical (unpaired) electrons. The second-order valence-corrected chi connectivity index (χ2v) is 11.9. The van der Waals surface area contributed by atoms with Crippen molar-refractivity contribution in [3.05, 3.63) is 58.4 Å². The Kier molecular flexibility index (Phi) is 9.49. The van der Waals surface area contributed by atoms with Crippen LogP contribution in [0.5, 0.6) is 11.5 Å². The number of nitrogens with zero attached hydrogens (tertiary/aromatic N) is 3. The van der Waals surface area contributed by atoms with Crippen molar-refractivity contribution in [2.75, 3.05) is 40.4 Å². The molecule has 2 aromatic carbocycles. The first kappa shape index (κ1) is 30.3. The number of carbonyl (C=O) groups is 3. The van der Waals surface area contributed by atoms with Crippen molar-refractivity contribution in [1.29, 1.82) is 5.26 Å². The van der Waals surface area contributed by atoms with Crippen molar-refractivity contribution in [3.8, 4) is 17.6 Å². The van der Waals surface area contributed by atoms with Crippen LogP contribution in [-0.2, 0) is 22.4 Å². The number of fused-ring (bicyclic) bond motifs is 6. The summed E-state index contributed by atoms with van der Waals surface area (Å²) >= 11 is 0.